The molecule has 0 N–H and O–H groups in total. The summed E-state index contributed by atoms with van der Waals surface area (Å²) in [6.45, 7) is 1.84. The number of fused-ring (bicyclic) bond motifs is 4. The SMILES string of the molecule is O=C(c1cccs1)N1C[C@@H]2CC[C@H](C1)N(Cc1ccccc1)C2=O. The fraction of sp³-hybridized carbons (Fsp3) is 0.368. The molecule has 2 atom stereocenters. The summed E-state index contributed by atoms with van der Waals surface area (Å²) in [6, 6.07) is 14.0. The first-order chi connectivity index (χ1) is 11.7. The average Bonchev–Trinajstić information content (AvgIpc) is 3.01. The second kappa shape index (κ2) is 6.40. The molecular formula is C19H20N2O2S. The molecule has 0 aliphatic carbocycles. The maximum Gasteiger partial charge on any atom is 0.264 e. The molecule has 1 aromatic heterocycles. The smallest absolute Gasteiger partial charge is 0.264 e. The maximum atomic E-state index is 12.9. The van der Waals surface area contributed by atoms with E-state index < -0.39 is 0 Å². The van der Waals surface area contributed by atoms with Crippen molar-refractivity contribution in [3.05, 3.63) is 58.3 Å². The van der Waals surface area contributed by atoms with Gasteiger partial charge in [0, 0.05) is 25.7 Å². The van der Waals surface area contributed by atoms with Gasteiger partial charge in [0.05, 0.1) is 10.8 Å². The Kier molecular flexibility index (Phi) is 4.10. The van der Waals surface area contributed by atoms with E-state index in [-0.39, 0.29) is 23.8 Å². The first-order valence-corrected chi connectivity index (χ1v) is 9.27. The molecule has 3 aliphatic heterocycles. The summed E-state index contributed by atoms with van der Waals surface area (Å²) in [6.07, 6.45) is 1.88. The van der Waals surface area contributed by atoms with Crippen molar-refractivity contribution in [3.8, 4) is 0 Å². The minimum atomic E-state index is -0.0589. The maximum absolute atomic E-state index is 12.9. The van der Waals surface area contributed by atoms with Gasteiger partial charge in [-0.3, -0.25) is 9.59 Å². The Balaban J connectivity index is 1.55. The van der Waals surface area contributed by atoms with Crippen molar-refractivity contribution in [2.24, 2.45) is 5.92 Å². The molecule has 4 heterocycles. The van der Waals surface area contributed by atoms with E-state index in [1.54, 1.807) is 0 Å². The van der Waals surface area contributed by atoms with Gasteiger partial charge in [-0.15, -0.1) is 11.3 Å². The van der Waals surface area contributed by atoms with Crippen LogP contribution < -0.4 is 0 Å². The Hall–Kier alpha value is -2.14. The molecule has 3 saturated heterocycles. The lowest BCUT2D eigenvalue weighted by atomic mass is 9.93. The zero-order chi connectivity index (χ0) is 16.5. The Morgan fingerprint density at radius 2 is 1.92 bits per heavy atom. The van der Waals surface area contributed by atoms with Crippen LogP contribution in [0.15, 0.2) is 47.8 Å². The van der Waals surface area contributed by atoms with Gasteiger partial charge in [0.1, 0.15) is 0 Å². The van der Waals surface area contributed by atoms with E-state index in [4.69, 9.17) is 0 Å². The molecule has 5 rings (SSSR count). The number of nitrogens with zero attached hydrogens (tertiary/aromatic N) is 2. The van der Waals surface area contributed by atoms with E-state index in [9.17, 15) is 9.59 Å². The summed E-state index contributed by atoms with van der Waals surface area (Å²) in [5, 5.41) is 1.92. The van der Waals surface area contributed by atoms with Crippen LogP contribution >= 0.6 is 11.3 Å². The van der Waals surface area contributed by atoms with Crippen LogP contribution in [0.3, 0.4) is 0 Å². The summed E-state index contributed by atoms with van der Waals surface area (Å²) in [5.74, 6) is 0.212. The topological polar surface area (TPSA) is 40.6 Å². The van der Waals surface area contributed by atoms with Gasteiger partial charge >= 0.3 is 0 Å². The van der Waals surface area contributed by atoms with E-state index in [0.717, 1.165) is 23.3 Å². The third-order valence-electron chi connectivity index (χ3n) is 5.01. The summed E-state index contributed by atoms with van der Waals surface area (Å²) in [7, 11) is 0. The molecule has 124 valence electrons. The van der Waals surface area contributed by atoms with Crippen LogP contribution in [0.5, 0.6) is 0 Å². The van der Waals surface area contributed by atoms with Gasteiger partial charge in [0.15, 0.2) is 0 Å². The molecule has 0 saturated carbocycles. The molecule has 3 fully saturated rings. The van der Waals surface area contributed by atoms with Crippen molar-refractivity contribution in [2.45, 2.75) is 25.4 Å². The van der Waals surface area contributed by atoms with Crippen LogP contribution in [0.1, 0.15) is 28.1 Å². The van der Waals surface area contributed by atoms with Crippen LogP contribution in [0, 0.1) is 5.92 Å². The molecule has 0 spiro atoms. The van der Waals surface area contributed by atoms with Crippen molar-refractivity contribution in [3.63, 3.8) is 0 Å². The van der Waals surface area contributed by atoms with Gasteiger partial charge in [0.25, 0.3) is 5.91 Å². The molecule has 2 bridgehead atoms. The summed E-state index contributed by atoms with van der Waals surface area (Å²) < 4.78 is 0. The number of piperidine rings is 1. The average molecular weight is 340 g/mol. The predicted molar refractivity (Wildman–Crippen MR) is 93.7 cm³/mol. The number of carbonyl (C=O) groups excluding carboxylic acids is 2. The Bertz CT molecular complexity index is 729. The Morgan fingerprint density at radius 1 is 1.08 bits per heavy atom. The molecule has 2 amide bonds. The normalized spacial score (nSPS) is 23.4. The summed E-state index contributed by atoms with van der Waals surface area (Å²) >= 11 is 1.47. The quantitative estimate of drug-likeness (QED) is 0.862. The van der Waals surface area contributed by atoms with Crippen LogP contribution in [0.2, 0.25) is 0 Å². The minimum absolute atomic E-state index is 0.0589. The van der Waals surface area contributed by atoms with Crippen LogP contribution in [-0.2, 0) is 11.3 Å². The first kappa shape index (κ1) is 15.4. The lowest BCUT2D eigenvalue weighted by Gasteiger charge is -2.36. The second-order valence-corrected chi connectivity index (χ2v) is 7.51. The van der Waals surface area contributed by atoms with Gasteiger partial charge in [-0.05, 0) is 29.9 Å². The van der Waals surface area contributed by atoms with Crippen molar-refractivity contribution in [1.29, 1.82) is 0 Å². The van der Waals surface area contributed by atoms with Crippen molar-refractivity contribution >= 4 is 23.2 Å². The number of benzene rings is 1. The van der Waals surface area contributed by atoms with E-state index in [1.807, 2.05) is 45.5 Å². The Labute approximate surface area is 145 Å². The third-order valence-corrected chi connectivity index (χ3v) is 5.87. The molecule has 1 aromatic carbocycles. The van der Waals surface area contributed by atoms with Gasteiger partial charge in [0.2, 0.25) is 5.91 Å². The van der Waals surface area contributed by atoms with Gasteiger partial charge in [-0.2, -0.15) is 0 Å². The molecule has 5 heteroatoms. The number of hydrogen-bond donors (Lipinski definition) is 0. The zero-order valence-electron chi connectivity index (χ0n) is 13.4. The fourth-order valence-corrected chi connectivity index (χ4v) is 4.44. The molecule has 4 nitrogen and oxygen atoms in total. The highest BCUT2D eigenvalue weighted by atomic mass is 32.1. The summed E-state index contributed by atoms with van der Waals surface area (Å²) in [4.78, 5) is 30.2. The van der Waals surface area contributed by atoms with E-state index >= 15 is 0 Å². The van der Waals surface area contributed by atoms with Crippen LogP contribution in [0.25, 0.3) is 0 Å². The predicted octanol–water partition coefficient (Wildman–Crippen LogP) is 3.01. The van der Waals surface area contributed by atoms with Gasteiger partial charge in [-0.25, -0.2) is 0 Å². The lowest BCUT2D eigenvalue weighted by Crippen LogP contribution is -2.47. The fourth-order valence-electron chi connectivity index (χ4n) is 3.75. The molecule has 0 unspecified atom stereocenters. The highest BCUT2D eigenvalue weighted by molar-refractivity contribution is 7.12. The lowest BCUT2D eigenvalue weighted by molar-refractivity contribution is -0.140. The van der Waals surface area contributed by atoms with Crippen molar-refractivity contribution < 1.29 is 9.59 Å². The van der Waals surface area contributed by atoms with Gasteiger partial charge < -0.3 is 9.80 Å². The first-order valence-electron chi connectivity index (χ1n) is 8.39. The Morgan fingerprint density at radius 3 is 2.67 bits per heavy atom. The summed E-state index contributed by atoms with van der Waals surface area (Å²) in [5.41, 5.74) is 1.15. The second-order valence-electron chi connectivity index (χ2n) is 6.57. The van der Waals surface area contributed by atoms with Crippen molar-refractivity contribution in [1.82, 2.24) is 9.80 Å². The van der Waals surface area contributed by atoms with Crippen LogP contribution in [-0.4, -0.2) is 40.7 Å². The highest BCUT2D eigenvalue weighted by Gasteiger charge is 2.42. The van der Waals surface area contributed by atoms with Crippen LogP contribution in [0.4, 0.5) is 0 Å². The van der Waals surface area contributed by atoms with Gasteiger partial charge in [-0.1, -0.05) is 36.4 Å². The molecule has 0 radical (unpaired) electrons. The highest BCUT2D eigenvalue weighted by Crippen LogP contribution is 2.31. The monoisotopic (exact) mass is 340 g/mol. The number of thiophene rings is 1. The third kappa shape index (κ3) is 2.84. The molecule has 2 aromatic rings. The minimum Gasteiger partial charge on any atom is -0.335 e. The number of rotatable bonds is 3. The molecular weight excluding hydrogens is 320 g/mol. The van der Waals surface area contributed by atoms with E-state index in [0.29, 0.717) is 19.6 Å². The number of amides is 2. The largest absolute Gasteiger partial charge is 0.335 e. The van der Waals surface area contributed by atoms with Crippen molar-refractivity contribution in [2.75, 3.05) is 13.1 Å². The molecule has 3 aliphatic rings. The number of carbonyl (C=O) groups is 2. The number of hydrogen-bond acceptors (Lipinski definition) is 3. The van der Waals surface area contributed by atoms with E-state index in [2.05, 4.69) is 12.1 Å². The zero-order valence-corrected chi connectivity index (χ0v) is 14.2. The standard InChI is InChI=1S/C19H20N2O2S/c22-18-15-8-9-16(21(18)11-14-5-2-1-3-6-14)13-20(12-15)19(23)17-7-4-10-24-17/h1-7,10,15-16H,8-9,11-13H2/t15-,16+/m0/s1. The van der Waals surface area contributed by atoms with E-state index in [1.165, 1.54) is 11.3 Å². The molecule has 24 heavy (non-hydrogen) atoms.